The average Bonchev–Trinajstić information content (AvgIpc) is 3.10. The highest BCUT2D eigenvalue weighted by Gasteiger charge is 2.73. The molecule has 5 fully saturated rings. The standard InChI is InChI=1S/C27H44O5/c1-13(2)11-27(32)12-14(3)19-21(27)24(31)20-18-16(7-9-26(19,20)5)25(4)8-6-15(28)10-17(25)22(29)23(18)30/h13-23,28-30,32H,6-12H2,1-5H3/t14-,15-,16?,17?,18-,19+,20+,21-,22-,23-,25-,26-,27-/m1/s1. The van der Waals surface area contributed by atoms with Gasteiger partial charge in [-0.3, -0.25) is 4.79 Å². The average molecular weight is 449 g/mol. The number of carbonyl (C=O) groups excluding carboxylic acids is 1. The highest BCUT2D eigenvalue weighted by molar-refractivity contribution is 5.89. The first-order valence-electron chi connectivity index (χ1n) is 13.2. The summed E-state index contributed by atoms with van der Waals surface area (Å²) >= 11 is 0. The Kier molecular flexibility index (Phi) is 5.27. The van der Waals surface area contributed by atoms with Crippen molar-refractivity contribution in [3.63, 3.8) is 0 Å². The highest BCUT2D eigenvalue weighted by atomic mass is 16.3. The molecular weight excluding hydrogens is 404 g/mol. The zero-order valence-electron chi connectivity index (χ0n) is 20.5. The molecule has 0 aliphatic heterocycles. The summed E-state index contributed by atoms with van der Waals surface area (Å²) in [4.78, 5) is 14.2. The van der Waals surface area contributed by atoms with Gasteiger partial charge in [0.1, 0.15) is 5.78 Å². The van der Waals surface area contributed by atoms with Crippen LogP contribution in [0.5, 0.6) is 0 Å². The molecule has 0 radical (unpaired) electrons. The molecule has 2 unspecified atom stereocenters. The van der Waals surface area contributed by atoms with Gasteiger partial charge in [0.15, 0.2) is 0 Å². The molecule has 5 saturated carbocycles. The molecule has 0 aromatic heterocycles. The molecule has 0 aromatic carbocycles. The molecule has 5 rings (SSSR count). The van der Waals surface area contributed by atoms with E-state index < -0.39 is 23.9 Å². The second-order valence-electron chi connectivity index (χ2n) is 13.5. The maximum absolute atomic E-state index is 14.2. The number of ketones is 1. The van der Waals surface area contributed by atoms with Crippen LogP contribution in [0.1, 0.15) is 79.6 Å². The third kappa shape index (κ3) is 2.86. The molecule has 5 heteroatoms. The number of hydrogen-bond donors (Lipinski definition) is 4. The van der Waals surface area contributed by atoms with Gasteiger partial charge >= 0.3 is 0 Å². The van der Waals surface area contributed by atoms with Gasteiger partial charge in [0, 0.05) is 11.8 Å². The van der Waals surface area contributed by atoms with Crippen molar-refractivity contribution in [3.05, 3.63) is 0 Å². The number of Topliss-reactive ketones (excluding diaryl/α,β-unsaturated/α-hetero) is 1. The van der Waals surface area contributed by atoms with Gasteiger partial charge in [-0.15, -0.1) is 0 Å². The Bertz CT molecular complexity index is 782. The van der Waals surface area contributed by atoms with Crippen LogP contribution in [-0.2, 0) is 4.79 Å². The first kappa shape index (κ1) is 23.3. The van der Waals surface area contributed by atoms with Crippen molar-refractivity contribution in [2.45, 2.75) is 103 Å². The smallest absolute Gasteiger partial charge is 0.143 e. The molecule has 13 atom stereocenters. The van der Waals surface area contributed by atoms with Crippen LogP contribution in [0.25, 0.3) is 0 Å². The van der Waals surface area contributed by atoms with E-state index in [4.69, 9.17) is 0 Å². The Morgan fingerprint density at radius 3 is 2.28 bits per heavy atom. The van der Waals surface area contributed by atoms with Crippen molar-refractivity contribution >= 4 is 5.78 Å². The van der Waals surface area contributed by atoms with Gasteiger partial charge in [-0.1, -0.05) is 34.6 Å². The van der Waals surface area contributed by atoms with E-state index in [1.807, 2.05) is 0 Å². The summed E-state index contributed by atoms with van der Waals surface area (Å²) in [5.74, 6) is 0.0388. The summed E-state index contributed by atoms with van der Waals surface area (Å²) in [6.45, 7) is 10.9. The minimum Gasteiger partial charge on any atom is -0.393 e. The van der Waals surface area contributed by atoms with Gasteiger partial charge in [0.25, 0.3) is 0 Å². The van der Waals surface area contributed by atoms with Crippen LogP contribution in [0.4, 0.5) is 0 Å². The van der Waals surface area contributed by atoms with Crippen LogP contribution < -0.4 is 0 Å². The second kappa shape index (κ2) is 7.26. The summed E-state index contributed by atoms with van der Waals surface area (Å²) < 4.78 is 0. The molecular formula is C27H44O5. The third-order valence-corrected chi connectivity index (χ3v) is 11.3. The van der Waals surface area contributed by atoms with E-state index in [1.54, 1.807) is 0 Å². The van der Waals surface area contributed by atoms with E-state index in [1.165, 1.54) is 0 Å². The first-order chi connectivity index (χ1) is 14.8. The van der Waals surface area contributed by atoms with Crippen molar-refractivity contribution in [1.29, 1.82) is 0 Å². The molecule has 0 aromatic rings. The zero-order chi connectivity index (χ0) is 23.4. The van der Waals surface area contributed by atoms with Crippen LogP contribution in [-0.4, -0.2) is 50.1 Å². The summed E-state index contributed by atoms with van der Waals surface area (Å²) in [5, 5.41) is 44.7. The lowest BCUT2D eigenvalue weighted by Crippen LogP contribution is -2.65. The molecule has 5 aliphatic rings. The van der Waals surface area contributed by atoms with E-state index >= 15 is 0 Å². The van der Waals surface area contributed by atoms with Gasteiger partial charge in [0.2, 0.25) is 0 Å². The van der Waals surface area contributed by atoms with Crippen LogP contribution >= 0.6 is 0 Å². The van der Waals surface area contributed by atoms with Gasteiger partial charge < -0.3 is 20.4 Å². The monoisotopic (exact) mass is 448 g/mol. The lowest BCUT2D eigenvalue weighted by Gasteiger charge is -2.63. The molecule has 0 spiro atoms. The Morgan fingerprint density at radius 2 is 1.62 bits per heavy atom. The Balaban J connectivity index is 1.56. The Labute approximate surface area is 193 Å². The fourth-order valence-corrected chi connectivity index (χ4v) is 10.4. The fraction of sp³-hybridized carbons (Fsp3) is 0.963. The quantitative estimate of drug-likeness (QED) is 0.520. The molecule has 0 heterocycles. The summed E-state index contributed by atoms with van der Waals surface area (Å²) in [6.07, 6.45) is 3.06. The van der Waals surface area contributed by atoms with Crippen molar-refractivity contribution in [2.75, 3.05) is 0 Å². The maximum atomic E-state index is 14.2. The van der Waals surface area contributed by atoms with Crippen molar-refractivity contribution in [1.82, 2.24) is 0 Å². The molecule has 182 valence electrons. The molecule has 4 N–H and O–H groups in total. The van der Waals surface area contributed by atoms with Crippen molar-refractivity contribution in [2.24, 2.45) is 58.2 Å². The maximum Gasteiger partial charge on any atom is 0.143 e. The van der Waals surface area contributed by atoms with Crippen LogP contribution in [0, 0.1) is 58.2 Å². The number of fused-ring (bicyclic) bond motifs is 7. The largest absolute Gasteiger partial charge is 0.393 e. The van der Waals surface area contributed by atoms with Gasteiger partial charge in [-0.05, 0) is 85.4 Å². The van der Waals surface area contributed by atoms with Gasteiger partial charge in [-0.25, -0.2) is 0 Å². The summed E-state index contributed by atoms with van der Waals surface area (Å²) in [5.41, 5.74) is -1.35. The van der Waals surface area contributed by atoms with Crippen LogP contribution in [0.3, 0.4) is 0 Å². The number of carbonyl (C=O) groups is 1. The van der Waals surface area contributed by atoms with E-state index in [9.17, 15) is 25.2 Å². The zero-order valence-corrected chi connectivity index (χ0v) is 20.5. The van der Waals surface area contributed by atoms with Crippen LogP contribution in [0.2, 0.25) is 0 Å². The first-order valence-corrected chi connectivity index (χ1v) is 13.2. The topological polar surface area (TPSA) is 98.0 Å². The molecule has 5 aliphatic carbocycles. The summed E-state index contributed by atoms with van der Waals surface area (Å²) in [6, 6.07) is 0. The molecule has 0 saturated heterocycles. The predicted molar refractivity (Wildman–Crippen MR) is 121 cm³/mol. The molecule has 0 bridgehead atoms. The lowest BCUT2D eigenvalue weighted by molar-refractivity contribution is -0.221. The predicted octanol–water partition coefficient (Wildman–Crippen LogP) is 3.17. The highest BCUT2D eigenvalue weighted by Crippen LogP contribution is 2.71. The van der Waals surface area contributed by atoms with Gasteiger partial charge in [0.05, 0.1) is 29.8 Å². The number of aliphatic hydroxyl groups excluding tert-OH is 3. The minimum atomic E-state index is -0.954. The second-order valence-corrected chi connectivity index (χ2v) is 13.5. The van der Waals surface area contributed by atoms with Gasteiger partial charge in [-0.2, -0.15) is 0 Å². The van der Waals surface area contributed by atoms with Crippen molar-refractivity contribution < 1.29 is 25.2 Å². The molecule has 0 amide bonds. The van der Waals surface area contributed by atoms with Crippen molar-refractivity contribution in [3.8, 4) is 0 Å². The van der Waals surface area contributed by atoms with E-state index in [2.05, 4.69) is 34.6 Å². The van der Waals surface area contributed by atoms with E-state index in [0.717, 1.165) is 25.7 Å². The summed E-state index contributed by atoms with van der Waals surface area (Å²) in [7, 11) is 0. The Morgan fingerprint density at radius 1 is 0.969 bits per heavy atom. The van der Waals surface area contributed by atoms with E-state index in [-0.39, 0.29) is 58.0 Å². The number of aliphatic hydroxyl groups is 4. The SMILES string of the molecule is CC(C)C[C@@]1(O)C[C@@H](C)[C@H]2[C@@H]1C(=O)[C@@H]1[C@H]3C(CC[C@]21C)[C@@]1(C)CC[C@@H](O)CC1[C@@H](O)[C@@H]3O. The number of hydrogen-bond acceptors (Lipinski definition) is 5. The van der Waals surface area contributed by atoms with Crippen LogP contribution in [0.15, 0.2) is 0 Å². The molecule has 5 nitrogen and oxygen atoms in total. The minimum absolute atomic E-state index is 0.125. The Hall–Kier alpha value is -0.490. The fourth-order valence-electron chi connectivity index (χ4n) is 10.4. The molecule has 32 heavy (non-hydrogen) atoms. The normalized spacial score (nSPS) is 59.5. The van der Waals surface area contributed by atoms with E-state index in [0.29, 0.717) is 25.2 Å². The number of rotatable bonds is 2. The third-order valence-electron chi connectivity index (χ3n) is 11.3. The lowest BCUT2D eigenvalue weighted by atomic mass is 9.43.